The molecular formula is C23H33O5P. The predicted octanol–water partition coefficient (Wildman–Crippen LogP) is 4.30. The quantitative estimate of drug-likeness (QED) is 0.381. The van der Waals surface area contributed by atoms with E-state index < -0.39 is 26.5 Å². The fraction of sp³-hybridized carbons (Fsp3) is 0.609. The van der Waals surface area contributed by atoms with E-state index in [1.165, 1.54) is 0 Å². The van der Waals surface area contributed by atoms with Crippen molar-refractivity contribution >= 4 is 19.7 Å². The summed E-state index contributed by atoms with van der Waals surface area (Å²) in [5.74, 6) is -0.299. The van der Waals surface area contributed by atoms with Crippen molar-refractivity contribution in [1.82, 2.24) is 0 Å². The first-order chi connectivity index (χ1) is 14.0. The molecule has 1 saturated heterocycles. The minimum Gasteiger partial charge on any atom is -0.390 e. The van der Waals surface area contributed by atoms with Crippen LogP contribution in [0, 0.1) is 12.8 Å². The highest BCUT2D eigenvalue weighted by molar-refractivity contribution is 7.52. The van der Waals surface area contributed by atoms with Crippen LogP contribution in [0.3, 0.4) is 0 Å². The molecule has 0 aliphatic carbocycles. The standard InChI is InChI=1S/C23H33O5P/c1-4-13-27-29(14-5-2)16-20-22(28-17(3)23(20)26)15-19(24)11-12-21(25)18-9-7-6-8-10-18/h3,6-10,17,20,22-23,26H,4-5,11-16H2,1-2H3/t17-,20-,22+,23?,29?/m0/s1. The topological polar surface area (TPSA) is 72.8 Å². The average Bonchev–Trinajstić information content (AvgIpc) is 2.98. The maximum absolute atomic E-state index is 12.5. The second-order valence-electron chi connectivity index (χ2n) is 7.55. The molecule has 1 aliphatic heterocycles. The van der Waals surface area contributed by atoms with Gasteiger partial charge in [0.25, 0.3) is 0 Å². The lowest BCUT2D eigenvalue weighted by Gasteiger charge is -2.25. The Labute approximate surface area is 176 Å². The highest BCUT2D eigenvalue weighted by Crippen LogP contribution is 2.44. The third-order valence-corrected chi connectivity index (χ3v) is 7.43. The van der Waals surface area contributed by atoms with Gasteiger partial charge in [0.05, 0.1) is 24.9 Å². The van der Waals surface area contributed by atoms with Gasteiger partial charge >= 0.3 is 0 Å². The Kier molecular flexibility index (Phi) is 10.4. The minimum absolute atomic E-state index is 0.0418. The van der Waals surface area contributed by atoms with Crippen LogP contribution in [0.15, 0.2) is 30.3 Å². The number of carbonyl (C=O) groups is 2. The smallest absolute Gasteiger partial charge is 0.163 e. The number of carbonyl (C=O) groups excluding carboxylic acids is 2. The Hall–Kier alpha value is -1.13. The van der Waals surface area contributed by atoms with E-state index in [1.807, 2.05) is 18.2 Å². The van der Waals surface area contributed by atoms with Crippen molar-refractivity contribution in [3.8, 4) is 0 Å². The number of rotatable bonds is 13. The van der Waals surface area contributed by atoms with Crippen molar-refractivity contribution in [3.63, 3.8) is 0 Å². The second kappa shape index (κ2) is 12.5. The Morgan fingerprint density at radius 2 is 1.90 bits per heavy atom. The molecule has 1 N–H and O–H groups in total. The molecule has 1 aromatic carbocycles. The van der Waals surface area contributed by atoms with E-state index in [-0.39, 0.29) is 36.7 Å². The predicted molar refractivity (Wildman–Crippen MR) is 115 cm³/mol. The second-order valence-corrected chi connectivity index (χ2v) is 9.58. The van der Waals surface area contributed by atoms with Crippen molar-refractivity contribution in [2.75, 3.05) is 18.9 Å². The molecule has 5 atom stereocenters. The fourth-order valence-electron chi connectivity index (χ4n) is 3.53. The summed E-state index contributed by atoms with van der Waals surface area (Å²) in [5.41, 5.74) is 0.617. The fourth-order valence-corrected chi connectivity index (χ4v) is 5.81. The summed E-state index contributed by atoms with van der Waals surface area (Å²) in [6.07, 6.45) is 2.10. The lowest BCUT2D eigenvalue weighted by atomic mass is 9.94. The zero-order valence-electron chi connectivity index (χ0n) is 17.5. The van der Waals surface area contributed by atoms with Crippen LogP contribution in [0.5, 0.6) is 0 Å². The summed E-state index contributed by atoms with van der Waals surface area (Å²) in [5, 5.41) is 10.5. The highest BCUT2D eigenvalue weighted by atomic mass is 31.1. The van der Waals surface area contributed by atoms with Crippen molar-refractivity contribution in [1.29, 1.82) is 0 Å². The summed E-state index contributed by atoms with van der Waals surface area (Å²) in [6.45, 7) is 10.8. The number of hydrogen-bond acceptors (Lipinski definition) is 5. The maximum atomic E-state index is 12.5. The highest BCUT2D eigenvalue weighted by Gasteiger charge is 2.43. The van der Waals surface area contributed by atoms with Crippen molar-refractivity contribution < 1.29 is 24.0 Å². The van der Waals surface area contributed by atoms with Crippen molar-refractivity contribution in [2.24, 2.45) is 5.92 Å². The van der Waals surface area contributed by atoms with E-state index in [2.05, 4.69) is 13.8 Å². The van der Waals surface area contributed by atoms with Gasteiger partial charge in [-0.1, -0.05) is 50.6 Å². The van der Waals surface area contributed by atoms with E-state index >= 15 is 0 Å². The minimum atomic E-state index is -0.800. The van der Waals surface area contributed by atoms with E-state index in [0.717, 1.165) is 19.0 Å². The zero-order chi connectivity index (χ0) is 21.2. The normalized spacial score (nSPS) is 25.1. The van der Waals surface area contributed by atoms with Gasteiger partial charge in [0, 0.05) is 38.9 Å². The molecular weight excluding hydrogens is 387 g/mol. The van der Waals surface area contributed by atoms with Gasteiger partial charge in [0.2, 0.25) is 0 Å². The van der Waals surface area contributed by atoms with Gasteiger partial charge in [0.1, 0.15) is 5.78 Å². The van der Waals surface area contributed by atoms with Gasteiger partial charge in [-0.25, -0.2) is 0 Å². The molecule has 5 nitrogen and oxygen atoms in total. The lowest BCUT2D eigenvalue weighted by molar-refractivity contribution is -0.121. The van der Waals surface area contributed by atoms with Crippen LogP contribution >= 0.6 is 8.15 Å². The van der Waals surface area contributed by atoms with Gasteiger partial charge in [0.15, 0.2) is 5.78 Å². The molecule has 1 fully saturated rings. The largest absolute Gasteiger partial charge is 0.390 e. The monoisotopic (exact) mass is 420 g/mol. The van der Waals surface area contributed by atoms with E-state index in [1.54, 1.807) is 12.1 Å². The van der Waals surface area contributed by atoms with Crippen LogP contribution in [0.25, 0.3) is 0 Å². The summed E-state index contributed by atoms with van der Waals surface area (Å²) < 4.78 is 11.7. The molecule has 2 radical (unpaired) electrons. The average molecular weight is 420 g/mol. The van der Waals surface area contributed by atoms with Gasteiger partial charge in [-0.3, -0.25) is 9.59 Å². The molecule has 2 unspecified atom stereocenters. The molecule has 0 spiro atoms. The number of ether oxygens (including phenoxy) is 1. The third kappa shape index (κ3) is 7.57. The van der Waals surface area contributed by atoms with Crippen LogP contribution in [-0.2, 0) is 14.1 Å². The SMILES string of the molecule is [CH][C@@H]1O[C@H](CC(=O)CCC(=O)c2ccccc2)[C@H](CP(CCC)OCCC)C1O. The van der Waals surface area contributed by atoms with E-state index in [0.29, 0.717) is 18.3 Å². The summed E-state index contributed by atoms with van der Waals surface area (Å²) in [7, 11) is -0.684. The summed E-state index contributed by atoms with van der Waals surface area (Å²) in [4.78, 5) is 24.7. The van der Waals surface area contributed by atoms with Crippen molar-refractivity contribution in [3.05, 3.63) is 42.8 Å². The molecule has 6 heteroatoms. The Bertz CT molecular complexity index is 635. The Morgan fingerprint density at radius 3 is 2.55 bits per heavy atom. The number of Topliss-reactive ketones (excluding diaryl/α,β-unsaturated/α-hetero) is 2. The first kappa shape index (κ1) is 24.1. The first-order valence-corrected chi connectivity index (χ1v) is 12.2. The molecule has 1 heterocycles. The third-order valence-electron chi connectivity index (χ3n) is 5.11. The molecule has 29 heavy (non-hydrogen) atoms. The molecule has 2 rings (SSSR count). The van der Waals surface area contributed by atoms with E-state index in [4.69, 9.17) is 16.2 Å². The van der Waals surface area contributed by atoms with Crippen LogP contribution in [-0.4, -0.2) is 53.9 Å². The number of benzene rings is 1. The molecule has 0 saturated carbocycles. The number of ketones is 2. The molecule has 160 valence electrons. The van der Waals surface area contributed by atoms with Crippen LogP contribution in [0.4, 0.5) is 0 Å². The van der Waals surface area contributed by atoms with Crippen LogP contribution in [0.1, 0.15) is 56.3 Å². The summed E-state index contributed by atoms with van der Waals surface area (Å²) >= 11 is 0. The number of hydrogen-bond donors (Lipinski definition) is 1. The molecule has 0 bridgehead atoms. The Balaban J connectivity index is 1.90. The van der Waals surface area contributed by atoms with E-state index in [9.17, 15) is 14.7 Å². The maximum Gasteiger partial charge on any atom is 0.163 e. The first-order valence-electron chi connectivity index (χ1n) is 10.5. The Morgan fingerprint density at radius 1 is 1.17 bits per heavy atom. The van der Waals surface area contributed by atoms with Gasteiger partial charge in [-0.2, -0.15) is 0 Å². The number of aliphatic hydroxyl groups excluding tert-OH is 1. The van der Waals surface area contributed by atoms with Crippen LogP contribution in [0.2, 0.25) is 0 Å². The lowest BCUT2D eigenvalue weighted by Crippen LogP contribution is -2.30. The van der Waals surface area contributed by atoms with Gasteiger partial charge in [-0.05, 0) is 25.7 Å². The number of aliphatic hydroxyl groups is 1. The van der Waals surface area contributed by atoms with Gasteiger partial charge in [-0.15, -0.1) is 0 Å². The van der Waals surface area contributed by atoms with Crippen LogP contribution < -0.4 is 0 Å². The van der Waals surface area contributed by atoms with Crippen molar-refractivity contribution in [2.45, 2.75) is 64.3 Å². The molecule has 1 aromatic rings. The summed E-state index contributed by atoms with van der Waals surface area (Å²) in [6, 6.07) is 8.98. The van der Waals surface area contributed by atoms with Gasteiger partial charge < -0.3 is 14.4 Å². The molecule has 0 amide bonds. The molecule has 1 aliphatic rings. The zero-order valence-corrected chi connectivity index (χ0v) is 18.4. The molecule has 0 aromatic heterocycles.